The van der Waals surface area contributed by atoms with Crippen molar-refractivity contribution >= 4 is 23.9 Å². The number of nitrogens with zero attached hydrogens (tertiary/aromatic N) is 1. The smallest absolute Gasteiger partial charge is 0.363 e. The Labute approximate surface area is 168 Å². The normalized spacial score (nSPS) is 14.6. The molecule has 0 radical (unpaired) electrons. The Hall–Kier alpha value is -3.61. The van der Waals surface area contributed by atoms with Gasteiger partial charge in [0.05, 0.1) is 20.1 Å². The first-order valence-electron chi connectivity index (χ1n) is 8.98. The van der Waals surface area contributed by atoms with E-state index in [1.807, 2.05) is 0 Å². The summed E-state index contributed by atoms with van der Waals surface area (Å²) in [4.78, 5) is 28.3. The SMILES string of the molecule is COc1ccc(C2=NC(=Cc3ccc(OC(=O)C(C)C)c(OC)c3)C(=O)O2)cc1. The van der Waals surface area contributed by atoms with Crippen LogP contribution in [0.1, 0.15) is 25.0 Å². The third-order valence-electron chi connectivity index (χ3n) is 4.13. The van der Waals surface area contributed by atoms with E-state index in [9.17, 15) is 9.59 Å². The van der Waals surface area contributed by atoms with Crippen LogP contribution < -0.4 is 14.2 Å². The Balaban J connectivity index is 1.85. The molecule has 3 rings (SSSR count). The number of methoxy groups -OCH3 is 2. The summed E-state index contributed by atoms with van der Waals surface area (Å²) in [6.07, 6.45) is 1.58. The highest BCUT2D eigenvalue weighted by Crippen LogP contribution is 2.30. The molecule has 0 N–H and O–H groups in total. The molecule has 2 aromatic carbocycles. The first kappa shape index (κ1) is 20.1. The van der Waals surface area contributed by atoms with E-state index in [1.165, 1.54) is 7.11 Å². The van der Waals surface area contributed by atoms with Gasteiger partial charge in [-0.25, -0.2) is 9.79 Å². The monoisotopic (exact) mass is 395 g/mol. The van der Waals surface area contributed by atoms with Crippen LogP contribution in [-0.4, -0.2) is 32.1 Å². The maximum absolute atomic E-state index is 12.2. The summed E-state index contributed by atoms with van der Waals surface area (Å²) in [7, 11) is 3.05. The van der Waals surface area contributed by atoms with Crippen LogP contribution in [0.25, 0.3) is 6.08 Å². The predicted octanol–water partition coefficient (Wildman–Crippen LogP) is 3.61. The average Bonchev–Trinajstić information content (AvgIpc) is 3.09. The number of benzene rings is 2. The van der Waals surface area contributed by atoms with Gasteiger partial charge in [-0.3, -0.25) is 4.79 Å². The zero-order chi connectivity index (χ0) is 21.0. The molecule has 0 amide bonds. The van der Waals surface area contributed by atoms with Crippen molar-refractivity contribution in [2.75, 3.05) is 14.2 Å². The van der Waals surface area contributed by atoms with E-state index in [0.717, 1.165) is 0 Å². The molecule has 7 heteroatoms. The van der Waals surface area contributed by atoms with Crippen LogP contribution in [0.4, 0.5) is 0 Å². The van der Waals surface area contributed by atoms with Crippen molar-refractivity contribution in [3.63, 3.8) is 0 Å². The van der Waals surface area contributed by atoms with Crippen LogP contribution in [0.5, 0.6) is 17.2 Å². The Morgan fingerprint density at radius 2 is 1.76 bits per heavy atom. The summed E-state index contributed by atoms with van der Waals surface area (Å²) in [5.74, 6) is 0.426. The first-order valence-corrected chi connectivity index (χ1v) is 8.98. The number of aliphatic imine (C=N–C) groups is 1. The summed E-state index contributed by atoms with van der Waals surface area (Å²) in [5.41, 5.74) is 1.47. The minimum atomic E-state index is -0.551. The second-order valence-corrected chi connectivity index (χ2v) is 6.55. The quantitative estimate of drug-likeness (QED) is 0.422. The highest BCUT2D eigenvalue weighted by molar-refractivity contribution is 6.12. The van der Waals surface area contributed by atoms with Crippen molar-refractivity contribution in [2.24, 2.45) is 10.9 Å². The van der Waals surface area contributed by atoms with Crippen molar-refractivity contribution in [2.45, 2.75) is 13.8 Å². The number of carbonyl (C=O) groups excluding carboxylic acids is 2. The molecular formula is C22H21NO6. The van der Waals surface area contributed by atoms with Crippen molar-refractivity contribution in [3.05, 3.63) is 59.3 Å². The van der Waals surface area contributed by atoms with Crippen LogP contribution in [0.15, 0.2) is 53.2 Å². The zero-order valence-corrected chi connectivity index (χ0v) is 16.6. The van der Waals surface area contributed by atoms with Gasteiger partial charge >= 0.3 is 11.9 Å². The van der Waals surface area contributed by atoms with Gasteiger partial charge < -0.3 is 18.9 Å². The van der Waals surface area contributed by atoms with Crippen molar-refractivity contribution in [3.8, 4) is 17.2 Å². The molecule has 0 saturated heterocycles. The molecule has 150 valence electrons. The van der Waals surface area contributed by atoms with Gasteiger partial charge in [-0.1, -0.05) is 19.9 Å². The third-order valence-corrected chi connectivity index (χ3v) is 4.13. The van der Waals surface area contributed by atoms with Crippen LogP contribution in [0.3, 0.4) is 0 Å². The van der Waals surface area contributed by atoms with Gasteiger partial charge in [-0.05, 0) is 48.0 Å². The second-order valence-electron chi connectivity index (χ2n) is 6.55. The van der Waals surface area contributed by atoms with E-state index < -0.39 is 5.97 Å². The van der Waals surface area contributed by atoms with Crippen LogP contribution in [0, 0.1) is 5.92 Å². The van der Waals surface area contributed by atoms with Crippen molar-refractivity contribution in [1.82, 2.24) is 0 Å². The summed E-state index contributed by atoms with van der Waals surface area (Å²) >= 11 is 0. The van der Waals surface area contributed by atoms with E-state index in [4.69, 9.17) is 18.9 Å². The van der Waals surface area contributed by atoms with Gasteiger partial charge in [0.1, 0.15) is 5.75 Å². The summed E-state index contributed by atoms with van der Waals surface area (Å²) in [6.45, 7) is 3.50. The Morgan fingerprint density at radius 1 is 1.03 bits per heavy atom. The van der Waals surface area contributed by atoms with Gasteiger partial charge in [-0.2, -0.15) is 0 Å². The molecule has 0 aliphatic carbocycles. The average molecular weight is 395 g/mol. The predicted molar refractivity (Wildman–Crippen MR) is 107 cm³/mol. The van der Waals surface area contributed by atoms with E-state index >= 15 is 0 Å². The highest BCUT2D eigenvalue weighted by atomic mass is 16.6. The van der Waals surface area contributed by atoms with Gasteiger partial charge in [0.15, 0.2) is 17.2 Å². The Morgan fingerprint density at radius 3 is 2.38 bits per heavy atom. The van der Waals surface area contributed by atoms with Crippen molar-refractivity contribution in [1.29, 1.82) is 0 Å². The molecule has 0 atom stereocenters. The topological polar surface area (TPSA) is 83.4 Å². The van der Waals surface area contributed by atoms with E-state index in [-0.39, 0.29) is 23.5 Å². The standard InChI is InChI=1S/C22H21NO6/c1-13(2)21(24)28-18-10-5-14(12-19(18)27-4)11-17-22(25)29-20(23-17)15-6-8-16(26-3)9-7-15/h5-13H,1-4H3. The van der Waals surface area contributed by atoms with Gasteiger partial charge in [0.2, 0.25) is 5.90 Å². The molecule has 29 heavy (non-hydrogen) atoms. The lowest BCUT2D eigenvalue weighted by atomic mass is 10.1. The third kappa shape index (κ3) is 4.63. The molecule has 2 aromatic rings. The minimum Gasteiger partial charge on any atom is -0.497 e. The number of carbonyl (C=O) groups is 2. The number of hydrogen-bond donors (Lipinski definition) is 0. The van der Waals surface area contributed by atoms with Crippen LogP contribution >= 0.6 is 0 Å². The molecule has 0 bridgehead atoms. The fourth-order valence-electron chi connectivity index (χ4n) is 2.51. The number of ether oxygens (including phenoxy) is 4. The molecule has 0 aromatic heterocycles. The lowest BCUT2D eigenvalue weighted by Crippen LogP contribution is -2.15. The van der Waals surface area contributed by atoms with Crippen molar-refractivity contribution < 1.29 is 28.5 Å². The molecular weight excluding hydrogens is 374 g/mol. The lowest BCUT2D eigenvalue weighted by Gasteiger charge is -2.11. The largest absolute Gasteiger partial charge is 0.497 e. The van der Waals surface area contributed by atoms with E-state index in [0.29, 0.717) is 28.4 Å². The Bertz CT molecular complexity index is 989. The molecule has 1 aliphatic heterocycles. The fourth-order valence-corrected chi connectivity index (χ4v) is 2.51. The van der Waals surface area contributed by atoms with Gasteiger partial charge in [-0.15, -0.1) is 0 Å². The number of esters is 2. The minimum absolute atomic E-state index is 0.157. The lowest BCUT2D eigenvalue weighted by molar-refractivity contribution is -0.137. The molecule has 1 aliphatic rings. The number of hydrogen-bond acceptors (Lipinski definition) is 7. The maximum atomic E-state index is 12.2. The molecule has 0 saturated carbocycles. The van der Waals surface area contributed by atoms with Crippen LogP contribution in [0.2, 0.25) is 0 Å². The molecule has 1 heterocycles. The molecule has 7 nitrogen and oxygen atoms in total. The fraction of sp³-hybridized carbons (Fsp3) is 0.227. The second kappa shape index (κ2) is 8.60. The number of cyclic esters (lactones) is 1. The molecule has 0 spiro atoms. The van der Waals surface area contributed by atoms with Gasteiger partial charge in [0, 0.05) is 5.56 Å². The maximum Gasteiger partial charge on any atom is 0.363 e. The Kier molecular flexibility index (Phi) is 5.97. The first-order chi connectivity index (χ1) is 13.9. The molecule has 0 fully saturated rings. The highest BCUT2D eigenvalue weighted by Gasteiger charge is 2.24. The summed E-state index contributed by atoms with van der Waals surface area (Å²) in [6, 6.07) is 12.0. The summed E-state index contributed by atoms with van der Waals surface area (Å²) in [5, 5.41) is 0. The summed E-state index contributed by atoms with van der Waals surface area (Å²) < 4.78 is 21.0. The number of rotatable bonds is 6. The van der Waals surface area contributed by atoms with Gasteiger partial charge in [0.25, 0.3) is 0 Å². The van der Waals surface area contributed by atoms with E-state index in [2.05, 4.69) is 4.99 Å². The van der Waals surface area contributed by atoms with E-state index in [1.54, 1.807) is 69.5 Å². The molecule has 0 unspecified atom stereocenters. The van der Waals surface area contributed by atoms with Crippen LogP contribution in [-0.2, 0) is 14.3 Å². The zero-order valence-electron chi connectivity index (χ0n) is 16.6.